The van der Waals surface area contributed by atoms with Gasteiger partial charge in [-0.3, -0.25) is 14.2 Å². The number of benzene rings is 3. The number of hydrogen-bond donors (Lipinski definition) is 2. The van der Waals surface area contributed by atoms with Crippen LogP contribution in [0.4, 0.5) is 5.13 Å². The summed E-state index contributed by atoms with van der Waals surface area (Å²) in [7, 11) is 0. The van der Waals surface area contributed by atoms with Gasteiger partial charge in [-0.05, 0) is 67.4 Å². The largest absolute Gasteiger partial charge is 0.494 e. The maximum Gasteiger partial charge on any atom is 0.251 e. The lowest BCUT2D eigenvalue weighted by Crippen LogP contribution is -2.24. The normalized spacial score (nSPS) is 11.0. The number of nitrogens with one attached hydrogen (secondary N) is 2. The summed E-state index contributed by atoms with van der Waals surface area (Å²) in [4.78, 5) is 30.1. The molecule has 0 saturated heterocycles. The Hall–Kier alpha value is -4.22. The highest BCUT2D eigenvalue weighted by molar-refractivity contribution is 7.99. The Bertz CT molecular complexity index is 1610. The fraction of sp³-hybridized carbons (Fsp3) is 0.233. The summed E-state index contributed by atoms with van der Waals surface area (Å²) in [6.45, 7) is 4.93. The van der Waals surface area contributed by atoms with Gasteiger partial charge >= 0.3 is 0 Å². The molecule has 0 spiro atoms. The Kier molecular flexibility index (Phi) is 9.27. The van der Waals surface area contributed by atoms with Gasteiger partial charge in [0.15, 0.2) is 16.1 Å². The second-order valence-electron chi connectivity index (χ2n) is 9.31. The number of amides is 2. The standard InChI is InChI=1S/C30H30N6O3S2/c1-3-4-16-39-23-14-12-21(13-15-23)28(38)31-18-26-34-35-30(36(26)22-9-7-8-20(2)17-22)40-19-27(37)33-29-32-24-10-5-6-11-25(24)41-29/h5-15,17H,3-4,16,18-19H2,1-2H3,(H,31,38)(H,32,33,37). The number of nitrogens with zero attached hydrogens (tertiary/aromatic N) is 4. The van der Waals surface area contributed by atoms with E-state index in [1.165, 1.54) is 23.1 Å². The van der Waals surface area contributed by atoms with Crippen LogP contribution in [0, 0.1) is 6.92 Å². The van der Waals surface area contributed by atoms with Crippen molar-refractivity contribution in [3.63, 3.8) is 0 Å². The average Bonchev–Trinajstić information content (AvgIpc) is 3.58. The number of ether oxygens (including phenoxy) is 1. The second-order valence-corrected chi connectivity index (χ2v) is 11.3. The predicted octanol–water partition coefficient (Wildman–Crippen LogP) is 6.03. The molecule has 210 valence electrons. The number of carbonyl (C=O) groups excluding carboxylic acids is 2. The van der Waals surface area contributed by atoms with Crippen molar-refractivity contribution in [1.29, 1.82) is 0 Å². The van der Waals surface area contributed by atoms with Crippen LogP contribution in [0.2, 0.25) is 0 Å². The Balaban J connectivity index is 1.26. The molecule has 0 fully saturated rings. The molecule has 0 aliphatic carbocycles. The molecule has 11 heteroatoms. The van der Waals surface area contributed by atoms with Crippen LogP contribution in [0.1, 0.15) is 41.5 Å². The lowest BCUT2D eigenvalue weighted by Gasteiger charge is -2.12. The SMILES string of the molecule is CCCCOc1ccc(C(=O)NCc2nnc(SCC(=O)Nc3nc4ccccc4s3)n2-c2cccc(C)c2)cc1. The molecule has 41 heavy (non-hydrogen) atoms. The number of anilines is 1. The summed E-state index contributed by atoms with van der Waals surface area (Å²) in [6.07, 6.45) is 2.04. The zero-order valence-corrected chi connectivity index (χ0v) is 24.4. The number of para-hydroxylation sites is 1. The molecular formula is C30H30N6O3S2. The summed E-state index contributed by atoms with van der Waals surface area (Å²) >= 11 is 2.70. The maximum atomic E-state index is 12.9. The number of aryl methyl sites for hydroxylation is 1. The van der Waals surface area contributed by atoms with E-state index in [-0.39, 0.29) is 24.1 Å². The molecule has 0 saturated carbocycles. The molecule has 9 nitrogen and oxygen atoms in total. The lowest BCUT2D eigenvalue weighted by molar-refractivity contribution is -0.113. The molecule has 0 aliphatic rings. The van der Waals surface area contributed by atoms with E-state index in [1.54, 1.807) is 24.3 Å². The van der Waals surface area contributed by atoms with Crippen LogP contribution < -0.4 is 15.4 Å². The fourth-order valence-electron chi connectivity index (χ4n) is 4.04. The van der Waals surface area contributed by atoms with Gasteiger partial charge in [0.1, 0.15) is 5.75 Å². The quantitative estimate of drug-likeness (QED) is 0.136. The topological polar surface area (TPSA) is 111 Å². The number of hydrogen-bond acceptors (Lipinski definition) is 8. The summed E-state index contributed by atoms with van der Waals surface area (Å²) in [5, 5.41) is 15.6. The minimum absolute atomic E-state index is 0.124. The highest BCUT2D eigenvalue weighted by atomic mass is 32.2. The molecule has 0 atom stereocenters. The molecule has 2 aromatic heterocycles. The van der Waals surface area contributed by atoms with Crippen molar-refractivity contribution >= 4 is 50.3 Å². The smallest absolute Gasteiger partial charge is 0.251 e. The van der Waals surface area contributed by atoms with Crippen molar-refractivity contribution in [2.24, 2.45) is 0 Å². The van der Waals surface area contributed by atoms with Gasteiger partial charge in [0.25, 0.3) is 5.91 Å². The molecule has 2 N–H and O–H groups in total. The van der Waals surface area contributed by atoms with Crippen molar-refractivity contribution in [3.05, 3.63) is 89.7 Å². The average molecular weight is 587 g/mol. The van der Waals surface area contributed by atoms with E-state index in [0.29, 0.717) is 28.3 Å². The molecule has 0 bridgehead atoms. The van der Waals surface area contributed by atoms with Crippen LogP contribution in [-0.2, 0) is 11.3 Å². The first-order chi connectivity index (χ1) is 20.0. The number of unbranched alkanes of at least 4 members (excludes halogenated alkanes) is 1. The van der Waals surface area contributed by atoms with E-state index in [9.17, 15) is 9.59 Å². The van der Waals surface area contributed by atoms with Gasteiger partial charge in [0.05, 0.1) is 29.1 Å². The minimum atomic E-state index is -0.228. The van der Waals surface area contributed by atoms with E-state index in [2.05, 4.69) is 32.7 Å². The molecule has 2 heterocycles. The van der Waals surface area contributed by atoms with Gasteiger partial charge in [-0.15, -0.1) is 10.2 Å². The van der Waals surface area contributed by atoms with E-state index in [1.807, 2.05) is 60.0 Å². The zero-order valence-electron chi connectivity index (χ0n) is 22.8. The summed E-state index contributed by atoms with van der Waals surface area (Å²) in [5.74, 6) is 0.998. The molecule has 0 radical (unpaired) electrons. The van der Waals surface area contributed by atoms with Crippen molar-refractivity contribution in [2.45, 2.75) is 38.4 Å². The van der Waals surface area contributed by atoms with Crippen molar-refractivity contribution in [1.82, 2.24) is 25.1 Å². The molecule has 0 unspecified atom stereocenters. The first kappa shape index (κ1) is 28.3. The molecule has 3 aromatic carbocycles. The van der Waals surface area contributed by atoms with Crippen LogP contribution in [0.5, 0.6) is 5.75 Å². The van der Waals surface area contributed by atoms with Crippen LogP contribution in [0.3, 0.4) is 0 Å². The minimum Gasteiger partial charge on any atom is -0.494 e. The fourth-order valence-corrected chi connectivity index (χ4v) is 5.70. The molecule has 0 aliphatic heterocycles. The van der Waals surface area contributed by atoms with Gasteiger partial charge in [-0.2, -0.15) is 0 Å². The third kappa shape index (κ3) is 7.30. The van der Waals surface area contributed by atoms with Crippen molar-refractivity contribution in [2.75, 3.05) is 17.7 Å². The molecule has 5 aromatic rings. The van der Waals surface area contributed by atoms with Crippen LogP contribution in [0.15, 0.2) is 78.0 Å². The van der Waals surface area contributed by atoms with Gasteiger partial charge in [-0.25, -0.2) is 4.98 Å². The molecule has 2 amide bonds. The van der Waals surface area contributed by atoms with Crippen LogP contribution in [0.25, 0.3) is 15.9 Å². The molecule has 5 rings (SSSR count). The predicted molar refractivity (Wildman–Crippen MR) is 163 cm³/mol. The Morgan fingerprint density at radius 1 is 1.02 bits per heavy atom. The van der Waals surface area contributed by atoms with Crippen LogP contribution in [-0.4, -0.2) is 43.9 Å². The number of thioether (sulfide) groups is 1. The highest BCUT2D eigenvalue weighted by Crippen LogP contribution is 2.27. The Labute approximate surface area is 246 Å². The summed E-state index contributed by atoms with van der Waals surface area (Å²) in [6, 6.07) is 22.7. The van der Waals surface area contributed by atoms with Crippen molar-refractivity contribution in [3.8, 4) is 11.4 Å². The number of rotatable bonds is 12. The first-order valence-electron chi connectivity index (χ1n) is 13.3. The highest BCUT2D eigenvalue weighted by Gasteiger charge is 2.18. The van der Waals surface area contributed by atoms with Gasteiger partial charge < -0.3 is 15.4 Å². The van der Waals surface area contributed by atoms with Gasteiger partial charge in [0.2, 0.25) is 5.91 Å². The Morgan fingerprint density at radius 2 is 1.85 bits per heavy atom. The van der Waals surface area contributed by atoms with Crippen LogP contribution >= 0.6 is 23.1 Å². The Morgan fingerprint density at radius 3 is 2.63 bits per heavy atom. The van der Waals surface area contributed by atoms with E-state index < -0.39 is 0 Å². The van der Waals surface area contributed by atoms with E-state index in [0.717, 1.165) is 40.1 Å². The maximum absolute atomic E-state index is 12.9. The monoisotopic (exact) mass is 586 g/mol. The van der Waals surface area contributed by atoms with Gasteiger partial charge in [0, 0.05) is 11.3 Å². The third-order valence-electron chi connectivity index (χ3n) is 6.12. The summed E-state index contributed by atoms with van der Waals surface area (Å²) < 4.78 is 8.57. The van der Waals surface area contributed by atoms with Crippen molar-refractivity contribution < 1.29 is 14.3 Å². The number of fused-ring (bicyclic) bond motifs is 1. The number of carbonyl (C=O) groups is 2. The lowest BCUT2D eigenvalue weighted by atomic mass is 10.2. The van der Waals surface area contributed by atoms with E-state index >= 15 is 0 Å². The summed E-state index contributed by atoms with van der Waals surface area (Å²) in [5.41, 5.74) is 3.29. The first-order valence-corrected chi connectivity index (χ1v) is 15.1. The second kappa shape index (κ2) is 13.4. The number of aromatic nitrogens is 4. The third-order valence-corrected chi connectivity index (χ3v) is 8.00. The van der Waals surface area contributed by atoms with Gasteiger partial charge in [-0.1, -0.05) is 60.7 Å². The molecular weight excluding hydrogens is 557 g/mol. The van der Waals surface area contributed by atoms with E-state index in [4.69, 9.17) is 4.74 Å². The number of thiazole rings is 1. The zero-order chi connectivity index (χ0) is 28.6.